The summed E-state index contributed by atoms with van der Waals surface area (Å²) in [7, 11) is 0. The van der Waals surface area contributed by atoms with Crippen LogP contribution in [0.3, 0.4) is 0 Å². The van der Waals surface area contributed by atoms with Crippen molar-refractivity contribution in [2.45, 2.75) is 18.4 Å². The molecule has 0 aromatic rings. The summed E-state index contributed by atoms with van der Waals surface area (Å²) in [4.78, 5) is 30.5. The van der Waals surface area contributed by atoms with E-state index in [0.717, 1.165) is 0 Å². The van der Waals surface area contributed by atoms with Gasteiger partial charge in [0.2, 0.25) is 0 Å². The Hall–Kier alpha value is -0.710. The van der Waals surface area contributed by atoms with Crippen molar-refractivity contribution >= 4 is 17.9 Å². The van der Waals surface area contributed by atoms with Crippen molar-refractivity contribution in [3.05, 3.63) is 0 Å². The average molecular weight is 252 g/mol. The molecule has 0 spiro atoms. The van der Waals surface area contributed by atoms with Gasteiger partial charge in [-0.15, -0.1) is 0 Å². The molecule has 16 heavy (non-hydrogen) atoms. The van der Waals surface area contributed by atoms with Crippen LogP contribution in [-0.2, 0) is 14.4 Å². The van der Waals surface area contributed by atoms with E-state index in [1.165, 1.54) is 0 Å². The maximum absolute atomic E-state index is 10.3. The van der Waals surface area contributed by atoms with E-state index in [4.69, 9.17) is 20.4 Å². The molecular formula is C6H13NaO9. The summed E-state index contributed by atoms with van der Waals surface area (Å²) in [6.45, 7) is 0. The minimum atomic E-state index is -2.74. The van der Waals surface area contributed by atoms with Crippen LogP contribution in [0.15, 0.2) is 0 Å². The summed E-state index contributed by atoms with van der Waals surface area (Å²) >= 11 is 0. The molecule has 8 N–H and O–H groups in total. The van der Waals surface area contributed by atoms with E-state index in [9.17, 15) is 14.4 Å². The molecule has 92 valence electrons. The van der Waals surface area contributed by atoms with Crippen LogP contribution in [-0.4, -0.2) is 54.9 Å². The average Bonchev–Trinajstić information content (AvgIpc) is 1.82. The molecule has 0 heterocycles. The van der Waals surface area contributed by atoms with Crippen LogP contribution in [0.1, 0.15) is 14.3 Å². The van der Waals surface area contributed by atoms with Gasteiger partial charge in [-0.3, -0.25) is 9.59 Å². The molecular weight excluding hydrogens is 239 g/mol. The third-order valence-corrected chi connectivity index (χ3v) is 1.29. The second-order valence-corrected chi connectivity index (χ2v) is 2.48. The minimum Gasteiger partial charge on any atom is -1.00 e. The molecule has 10 heteroatoms. The van der Waals surface area contributed by atoms with Gasteiger partial charge >= 0.3 is 47.5 Å². The van der Waals surface area contributed by atoms with Crippen molar-refractivity contribution in [1.82, 2.24) is 0 Å². The van der Waals surface area contributed by atoms with Crippen molar-refractivity contribution in [2.24, 2.45) is 0 Å². The summed E-state index contributed by atoms with van der Waals surface area (Å²) in [5.41, 5.74) is -2.74. The SMILES string of the molecule is O.O.O=C(O)CC(O)(CC(=O)O)C(=O)O.[H-].[Na+]. The first-order valence-electron chi connectivity index (χ1n) is 3.17. The van der Waals surface area contributed by atoms with Crippen molar-refractivity contribution in [3.8, 4) is 0 Å². The molecule has 0 aliphatic heterocycles. The van der Waals surface area contributed by atoms with Crippen LogP contribution < -0.4 is 29.6 Å². The van der Waals surface area contributed by atoms with E-state index in [1.54, 1.807) is 0 Å². The van der Waals surface area contributed by atoms with Gasteiger partial charge in [0.25, 0.3) is 0 Å². The third-order valence-electron chi connectivity index (χ3n) is 1.29. The molecule has 0 fully saturated rings. The van der Waals surface area contributed by atoms with Crippen molar-refractivity contribution < 1.29 is 76.7 Å². The summed E-state index contributed by atoms with van der Waals surface area (Å²) in [5, 5.41) is 33.8. The molecule has 0 aromatic carbocycles. The van der Waals surface area contributed by atoms with Gasteiger partial charge in [0, 0.05) is 0 Å². The maximum atomic E-state index is 10.3. The standard InChI is InChI=1S/C6H8O7.Na.2H2O.H/c7-3(8)1-6(13,5(11)12)2-4(9)10;;;;/h13H,1-2H2,(H,7,8)(H,9,10)(H,11,12);;2*1H2;/q;+1;;;-1. The number of hydrogen-bond acceptors (Lipinski definition) is 4. The van der Waals surface area contributed by atoms with E-state index >= 15 is 0 Å². The number of carboxylic acids is 3. The quantitative estimate of drug-likeness (QED) is 0.349. The van der Waals surface area contributed by atoms with Gasteiger partial charge in [-0.2, -0.15) is 0 Å². The first-order chi connectivity index (χ1) is 5.78. The molecule has 0 amide bonds. The zero-order valence-corrected chi connectivity index (χ0v) is 10.4. The second kappa shape index (κ2) is 9.51. The fourth-order valence-corrected chi connectivity index (χ4v) is 0.714. The van der Waals surface area contributed by atoms with Gasteiger partial charge in [0.15, 0.2) is 5.60 Å². The van der Waals surface area contributed by atoms with Gasteiger partial charge in [-0.25, -0.2) is 4.79 Å². The molecule has 9 nitrogen and oxygen atoms in total. The van der Waals surface area contributed by atoms with Crippen LogP contribution in [0.2, 0.25) is 0 Å². The molecule has 0 saturated heterocycles. The molecule has 0 aromatic heterocycles. The van der Waals surface area contributed by atoms with Gasteiger partial charge in [0.05, 0.1) is 12.8 Å². The zero-order chi connectivity index (χ0) is 10.6. The molecule has 0 aliphatic rings. The van der Waals surface area contributed by atoms with E-state index in [0.29, 0.717) is 0 Å². The van der Waals surface area contributed by atoms with Gasteiger partial charge < -0.3 is 32.8 Å². The minimum absolute atomic E-state index is 0. The van der Waals surface area contributed by atoms with Crippen LogP contribution in [0.4, 0.5) is 0 Å². The molecule has 0 unspecified atom stereocenters. The summed E-state index contributed by atoms with van der Waals surface area (Å²) in [6, 6.07) is 0. The zero-order valence-electron chi connectivity index (χ0n) is 9.43. The van der Waals surface area contributed by atoms with Crippen LogP contribution in [0.5, 0.6) is 0 Å². The predicted octanol–water partition coefficient (Wildman–Crippen LogP) is -5.78. The fraction of sp³-hybridized carbons (Fsp3) is 0.500. The maximum Gasteiger partial charge on any atom is 1.00 e. The topological polar surface area (TPSA) is 195 Å². The van der Waals surface area contributed by atoms with E-state index in [-0.39, 0.29) is 41.9 Å². The smallest absolute Gasteiger partial charge is 1.00 e. The Labute approximate surface area is 113 Å². The van der Waals surface area contributed by atoms with Crippen molar-refractivity contribution in [1.29, 1.82) is 0 Å². The summed E-state index contributed by atoms with van der Waals surface area (Å²) < 4.78 is 0. The number of aliphatic carboxylic acids is 3. The number of aliphatic hydroxyl groups is 1. The molecule has 0 rings (SSSR count). The summed E-state index contributed by atoms with van der Waals surface area (Å²) in [5.74, 6) is -5.02. The van der Waals surface area contributed by atoms with E-state index in [1.807, 2.05) is 0 Å². The second-order valence-electron chi connectivity index (χ2n) is 2.48. The molecule has 0 saturated carbocycles. The third kappa shape index (κ3) is 8.59. The Kier molecular flexibility index (Phi) is 14.6. The van der Waals surface area contributed by atoms with Gasteiger partial charge in [0.1, 0.15) is 0 Å². The molecule has 0 atom stereocenters. The van der Waals surface area contributed by atoms with E-state index < -0.39 is 36.4 Å². The number of carboxylic acid groups (broad SMARTS) is 3. The molecule has 0 aliphatic carbocycles. The Morgan fingerprint density at radius 3 is 1.31 bits per heavy atom. The Morgan fingerprint density at radius 1 is 0.938 bits per heavy atom. The first kappa shape index (κ1) is 24.5. The van der Waals surface area contributed by atoms with Gasteiger partial charge in [-0.1, -0.05) is 0 Å². The van der Waals surface area contributed by atoms with Crippen LogP contribution >= 0.6 is 0 Å². The Balaban J connectivity index is -0.000000120. The number of rotatable bonds is 5. The normalized spacial score (nSPS) is 8.81. The first-order valence-corrected chi connectivity index (χ1v) is 3.17. The predicted molar refractivity (Wildman–Crippen MR) is 45.4 cm³/mol. The van der Waals surface area contributed by atoms with Crippen molar-refractivity contribution in [3.63, 3.8) is 0 Å². The Bertz CT molecular complexity index is 240. The largest absolute Gasteiger partial charge is 1.00 e. The monoisotopic (exact) mass is 252 g/mol. The molecule has 0 radical (unpaired) electrons. The number of carbonyl (C=O) groups is 3. The number of hydrogen-bond donors (Lipinski definition) is 4. The molecule has 0 bridgehead atoms. The van der Waals surface area contributed by atoms with E-state index in [2.05, 4.69) is 0 Å². The summed E-state index contributed by atoms with van der Waals surface area (Å²) in [6.07, 6.45) is -2.29. The van der Waals surface area contributed by atoms with Gasteiger partial charge in [-0.05, 0) is 0 Å². The van der Waals surface area contributed by atoms with Crippen molar-refractivity contribution in [2.75, 3.05) is 0 Å². The fourth-order valence-electron chi connectivity index (χ4n) is 0.714. The Morgan fingerprint density at radius 2 is 1.19 bits per heavy atom. The van der Waals surface area contributed by atoms with Crippen LogP contribution in [0.25, 0.3) is 0 Å². The van der Waals surface area contributed by atoms with Crippen LogP contribution in [0, 0.1) is 0 Å².